The van der Waals surface area contributed by atoms with E-state index in [1.54, 1.807) is 29.2 Å². The Bertz CT molecular complexity index is 953. The van der Waals surface area contributed by atoms with Gasteiger partial charge in [-0.05, 0) is 55.7 Å². The van der Waals surface area contributed by atoms with Crippen molar-refractivity contribution in [2.24, 2.45) is 0 Å². The average Bonchev–Trinajstić information content (AvgIpc) is 3.28. The molecule has 2 saturated heterocycles. The van der Waals surface area contributed by atoms with Crippen LogP contribution in [0.1, 0.15) is 46.9 Å². The molecule has 2 aliphatic rings. The van der Waals surface area contributed by atoms with E-state index in [0.29, 0.717) is 43.9 Å². The molecule has 7 nitrogen and oxygen atoms in total. The van der Waals surface area contributed by atoms with Crippen molar-refractivity contribution in [2.75, 3.05) is 37.7 Å². The molecule has 0 saturated carbocycles. The summed E-state index contributed by atoms with van der Waals surface area (Å²) in [7, 11) is 0. The molecule has 0 aromatic heterocycles. The summed E-state index contributed by atoms with van der Waals surface area (Å²) in [6.45, 7) is 4.93. The van der Waals surface area contributed by atoms with E-state index in [9.17, 15) is 14.4 Å². The van der Waals surface area contributed by atoms with E-state index >= 15 is 0 Å². The monoisotopic (exact) mass is 435 g/mol. The third-order valence-corrected chi connectivity index (χ3v) is 6.13. The molecule has 0 spiro atoms. The standard InChI is InChI=1S/C25H29N3O4/c1-2-14-27(22-12-15-26(16-13-22)23(29)19-6-4-3-5-7-19)24(30)20-8-10-21(11-9-20)28-17-18-32-25(28)31/h3-11,22H,2,12-18H2,1H3. The molecule has 0 radical (unpaired) electrons. The Morgan fingerprint density at radius 2 is 1.66 bits per heavy atom. The maximum absolute atomic E-state index is 13.3. The van der Waals surface area contributed by atoms with E-state index in [4.69, 9.17) is 4.74 Å². The predicted octanol–water partition coefficient (Wildman–Crippen LogP) is 3.80. The van der Waals surface area contributed by atoms with E-state index in [1.807, 2.05) is 40.1 Å². The Labute approximate surface area is 188 Å². The molecule has 0 atom stereocenters. The Kier molecular flexibility index (Phi) is 6.73. The van der Waals surface area contributed by atoms with Gasteiger partial charge in [0.15, 0.2) is 0 Å². The minimum absolute atomic E-state index is 0.00441. The van der Waals surface area contributed by atoms with Gasteiger partial charge in [0.2, 0.25) is 0 Å². The van der Waals surface area contributed by atoms with Crippen LogP contribution >= 0.6 is 0 Å². The molecule has 0 aliphatic carbocycles. The van der Waals surface area contributed by atoms with Crippen molar-refractivity contribution in [3.8, 4) is 0 Å². The largest absolute Gasteiger partial charge is 0.447 e. The van der Waals surface area contributed by atoms with Gasteiger partial charge < -0.3 is 14.5 Å². The fourth-order valence-corrected chi connectivity index (χ4v) is 4.41. The number of carbonyl (C=O) groups excluding carboxylic acids is 3. The number of nitrogens with zero attached hydrogens (tertiary/aromatic N) is 3. The molecule has 2 fully saturated rings. The van der Waals surface area contributed by atoms with Crippen molar-refractivity contribution in [3.05, 3.63) is 65.7 Å². The zero-order valence-corrected chi connectivity index (χ0v) is 18.4. The van der Waals surface area contributed by atoms with Crippen molar-refractivity contribution in [3.63, 3.8) is 0 Å². The lowest BCUT2D eigenvalue weighted by molar-refractivity contribution is 0.0519. The number of hydrogen-bond donors (Lipinski definition) is 0. The first kappa shape index (κ1) is 21.9. The highest BCUT2D eigenvalue weighted by molar-refractivity contribution is 5.96. The lowest BCUT2D eigenvalue weighted by Gasteiger charge is -2.38. The number of ether oxygens (including phenoxy) is 1. The number of likely N-dealkylation sites (tertiary alicyclic amines) is 1. The molecule has 168 valence electrons. The molecule has 7 heteroatoms. The smallest absolute Gasteiger partial charge is 0.414 e. The Morgan fingerprint density at radius 3 is 2.25 bits per heavy atom. The molecule has 0 N–H and O–H groups in total. The molecule has 2 aromatic carbocycles. The van der Waals surface area contributed by atoms with Crippen LogP contribution in [0.25, 0.3) is 0 Å². The lowest BCUT2D eigenvalue weighted by Crippen LogP contribution is -2.49. The number of hydrogen-bond acceptors (Lipinski definition) is 4. The summed E-state index contributed by atoms with van der Waals surface area (Å²) in [5, 5.41) is 0. The molecule has 2 aliphatic heterocycles. The number of benzene rings is 2. The van der Waals surface area contributed by atoms with Gasteiger partial charge in [0.1, 0.15) is 6.61 Å². The molecule has 2 heterocycles. The Hall–Kier alpha value is -3.35. The summed E-state index contributed by atoms with van der Waals surface area (Å²) >= 11 is 0. The van der Waals surface area contributed by atoms with Gasteiger partial charge >= 0.3 is 6.09 Å². The van der Waals surface area contributed by atoms with Crippen LogP contribution in [0.3, 0.4) is 0 Å². The molecule has 3 amide bonds. The van der Waals surface area contributed by atoms with Crippen LogP contribution in [0.4, 0.5) is 10.5 Å². The van der Waals surface area contributed by atoms with E-state index in [-0.39, 0.29) is 23.9 Å². The van der Waals surface area contributed by atoms with Crippen molar-refractivity contribution in [1.29, 1.82) is 0 Å². The highest BCUT2D eigenvalue weighted by Gasteiger charge is 2.30. The van der Waals surface area contributed by atoms with Crippen LogP contribution in [0, 0.1) is 0 Å². The van der Waals surface area contributed by atoms with Gasteiger partial charge in [0, 0.05) is 42.5 Å². The molecule has 32 heavy (non-hydrogen) atoms. The summed E-state index contributed by atoms with van der Waals surface area (Å²) in [4.78, 5) is 43.2. The first-order valence-corrected chi connectivity index (χ1v) is 11.3. The number of anilines is 1. The predicted molar refractivity (Wildman–Crippen MR) is 122 cm³/mol. The number of rotatable bonds is 6. The second kappa shape index (κ2) is 9.85. The highest BCUT2D eigenvalue weighted by Crippen LogP contribution is 2.23. The van der Waals surface area contributed by atoms with E-state index in [0.717, 1.165) is 24.9 Å². The number of amides is 3. The first-order chi connectivity index (χ1) is 15.6. The quantitative estimate of drug-likeness (QED) is 0.692. The Morgan fingerprint density at radius 1 is 0.969 bits per heavy atom. The summed E-state index contributed by atoms with van der Waals surface area (Å²) in [6.07, 6.45) is 2.05. The average molecular weight is 436 g/mol. The van der Waals surface area contributed by atoms with Crippen LogP contribution in [-0.2, 0) is 4.74 Å². The molecule has 4 rings (SSSR count). The van der Waals surface area contributed by atoms with Gasteiger partial charge in [-0.15, -0.1) is 0 Å². The fourth-order valence-electron chi connectivity index (χ4n) is 4.41. The van der Waals surface area contributed by atoms with Crippen LogP contribution in [-0.4, -0.2) is 66.5 Å². The van der Waals surface area contributed by atoms with Gasteiger partial charge in [0.25, 0.3) is 11.8 Å². The van der Waals surface area contributed by atoms with Crippen molar-refractivity contribution in [1.82, 2.24) is 9.80 Å². The summed E-state index contributed by atoms with van der Waals surface area (Å²) < 4.78 is 4.98. The molecule has 0 unspecified atom stereocenters. The van der Waals surface area contributed by atoms with E-state index in [1.165, 1.54) is 0 Å². The second-order valence-electron chi connectivity index (χ2n) is 8.20. The van der Waals surface area contributed by atoms with Crippen molar-refractivity contribution < 1.29 is 19.1 Å². The van der Waals surface area contributed by atoms with Gasteiger partial charge in [-0.1, -0.05) is 25.1 Å². The maximum atomic E-state index is 13.3. The van der Waals surface area contributed by atoms with Gasteiger partial charge in [-0.3, -0.25) is 14.5 Å². The van der Waals surface area contributed by atoms with Gasteiger partial charge in [0.05, 0.1) is 6.54 Å². The lowest BCUT2D eigenvalue weighted by atomic mass is 10.0. The van der Waals surface area contributed by atoms with Crippen molar-refractivity contribution >= 4 is 23.6 Å². The molecule has 0 bridgehead atoms. The van der Waals surface area contributed by atoms with Crippen LogP contribution in [0.2, 0.25) is 0 Å². The van der Waals surface area contributed by atoms with Gasteiger partial charge in [-0.2, -0.15) is 0 Å². The SMILES string of the molecule is CCCN(C(=O)c1ccc(N2CCOC2=O)cc1)C1CCN(C(=O)c2ccccc2)CC1. The second-order valence-corrected chi connectivity index (χ2v) is 8.20. The maximum Gasteiger partial charge on any atom is 0.414 e. The fraction of sp³-hybridized carbons (Fsp3) is 0.400. The summed E-state index contributed by atoms with van der Waals surface area (Å²) in [6, 6.07) is 16.6. The zero-order valence-electron chi connectivity index (χ0n) is 18.4. The van der Waals surface area contributed by atoms with Crippen LogP contribution in [0.5, 0.6) is 0 Å². The van der Waals surface area contributed by atoms with Gasteiger partial charge in [-0.25, -0.2) is 4.79 Å². The van der Waals surface area contributed by atoms with E-state index in [2.05, 4.69) is 6.92 Å². The third kappa shape index (κ3) is 4.61. The number of piperidine rings is 1. The minimum Gasteiger partial charge on any atom is -0.447 e. The summed E-state index contributed by atoms with van der Waals surface area (Å²) in [5.41, 5.74) is 2.05. The Balaban J connectivity index is 1.40. The van der Waals surface area contributed by atoms with Crippen molar-refractivity contribution in [2.45, 2.75) is 32.2 Å². The minimum atomic E-state index is -0.353. The molecule has 2 aromatic rings. The van der Waals surface area contributed by atoms with Crippen LogP contribution in [0.15, 0.2) is 54.6 Å². The number of carbonyl (C=O) groups is 3. The van der Waals surface area contributed by atoms with E-state index < -0.39 is 0 Å². The third-order valence-electron chi connectivity index (χ3n) is 6.13. The first-order valence-electron chi connectivity index (χ1n) is 11.3. The zero-order chi connectivity index (χ0) is 22.5. The molecular formula is C25H29N3O4. The van der Waals surface area contributed by atoms with Crippen LogP contribution < -0.4 is 4.90 Å². The topological polar surface area (TPSA) is 70.2 Å². The highest BCUT2D eigenvalue weighted by atomic mass is 16.6. The molecular weight excluding hydrogens is 406 g/mol. The number of cyclic esters (lactones) is 1. The normalized spacial score (nSPS) is 16.7. The summed E-state index contributed by atoms with van der Waals surface area (Å²) in [5.74, 6) is 0.0451.